The molecule has 1 aromatic heterocycles. The highest BCUT2D eigenvalue weighted by molar-refractivity contribution is 5.11. The Kier molecular flexibility index (Phi) is 2.27. The van der Waals surface area contributed by atoms with Crippen LogP contribution in [0.4, 0.5) is 0 Å². The van der Waals surface area contributed by atoms with E-state index in [9.17, 15) is 0 Å². The van der Waals surface area contributed by atoms with Crippen molar-refractivity contribution < 1.29 is 4.74 Å². The maximum absolute atomic E-state index is 6.19. The van der Waals surface area contributed by atoms with Gasteiger partial charge in [-0.3, -0.25) is 4.68 Å². The molecule has 1 saturated heterocycles. The number of hydrogen-bond acceptors (Lipinski definition) is 3. The second-order valence-electron chi connectivity index (χ2n) is 5.64. The summed E-state index contributed by atoms with van der Waals surface area (Å²) in [6.45, 7) is 1.96. The van der Waals surface area contributed by atoms with E-state index in [0.717, 1.165) is 19.0 Å². The van der Waals surface area contributed by atoms with E-state index in [0.29, 0.717) is 12.1 Å². The largest absolute Gasteiger partial charge is 0.367 e. The molecular weight excluding hydrogens is 214 g/mol. The van der Waals surface area contributed by atoms with Gasteiger partial charge in [-0.05, 0) is 31.6 Å². The molecule has 0 bridgehead atoms. The summed E-state index contributed by atoms with van der Waals surface area (Å²) in [5.74, 6) is 0.809. The quantitative estimate of drug-likeness (QED) is 0.863. The summed E-state index contributed by atoms with van der Waals surface area (Å²) in [7, 11) is 0. The third-order valence-electron chi connectivity index (χ3n) is 4.08. The molecule has 92 valence electrons. The van der Waals surface area contributed by atoms with Crippen molar-refractivity contribution in [3.63, 3.8) is 0 Å². The van der Waals surface area contributed by atoms with Crippen LogP contribution >= 0.6 is 0 Å². The molecule has 3 aliphatic rings. The van der Waals surface area contributed by atoms with Crippen LogP contribution in [0.15, 0.2) is 12.4 Å². The molecule has 4 rings (SSSR count). The van der Waals surface area contributed by atoms with Crippen molar-refractivity contribution in [2.24, 2.45) is 5.92 Å². The molecule has 2 atom stereocenters. The Bertz CT molecular complexity index is 409. The fraction of sp³-hybridized carbons (Fsp3) is 0.769. The van der Waals surface area contributed by atoms with Crippen LogP contribution in [-0.2, 0) is 4.74 Å². The molecule has 1 aromatic rings. The van der Waals surface area contributed by atoms with Gasteiger partial charge >= 0.3 is 0 Å². The maximum atomic E-state index is 6.19. The zero-order valence-corrected chi connectivity index (χ0v) is 10.0. The summed E-state index contributed by atoms with van der Waals surface area (Å²) in [5.41, 5.74) is 1.25. The Balaban J connectivity index is 1.48. The molecule has 2 heterocycles. The fourth-order valence-electron chi connectivity index (χ4n) is 2.66. The van der Waals surface area contributed by atoms with Crippen molar-refractivity contribution >= 4 is 0 Å². The van der Waals surface area contributed by atoms with Crippen molar-refractivity contribution in [3.05, 3.63) is 18.0 Å². The van der Waals surface area contributed by atoms with Gasteiger partial charge in [-0.25, -0.2) is 0 Å². The first-order valence-corrected chi connectivity index (χ1v) is 6.80. The number of rotatable bonds is 3. The highest BCUT2D eigenvalue weighted by Gasteiger charge is 2.36. The average molecular weight is 233 g/mol. The second-order valence-corrected chi connectivity index (χ2v) is 5.64. The van der Waals surface area contributed by atoms with E-state index in [1.54, 1.807) is 0 Å². The SMILES string of the molecule is c1nn(C2CC2)cc1[C@H]1CNC[C@@H](C2CC2)O1. The highest BCUT2D eigenvalue weighted by atomic mass is 16.5. The van der Waals surface area contributed by atoms with E-state index in [1.165, 1.54) is 31.2 Å². The minimum absolute atomic E-state index is 0.210. The van der Waals surface area contributed by atoms with Crippen molar-refractivity contribution in [2.45, 2.75) is 43.9 Å². The predicted molar refractivity (Wildman–Crippen MR) is 63.7 cm³/mol. The molecule has 2 aliphatic carbocycles. The molecule has 3 fully saturated rings. The molecule has 0 aromatic carbocycles. The van der Waals surface area contributed by atoms with Crippen LogP contribution in [0.5, 0.6) is 0 Å². The lowest BCUT2D eigenvalue weighted by molar-refractivity contribution is -0.0493. The van der Waals surface area contributed by atoms with Crippen LogP contribution in [-0.4, -0.2) is 29.0 Å². The van der Waals surface area contributed by atoms with Gasteiger partial charge in [0.25, 0.3) is 0 Å². The first-order valence-electron chi connectivity index (χ1n) is 6.80. The first-order chi connectivity index (χ1) is 8.40. The number of aromatic nitrogens is 2. The van der Waals surface area contributed by atoms with E-state index in [2.05, 4.69) is 21.3 Å². The van der Waals surface area contributed by atoms with Crippen LogP contribution in [0.2, 0.25) is 0 Å². The molecule has 1 aliphatic heterocycles. The van der Waals surface area contributed by atoms with Crippen LogP contribution in [0, 0.1) is 5.92 Å². The fourth-order valence-corrected chi connectivity index (χ4v) is 2.66. The summed E-state index contributed by atoms with van der Waals surface area (Å²) >= 11 is 0. The van der Waals surface area contributed by atoms with E-state index in [4.69, 9.17) is 4.74 Å². The molecule has 0 spiro atoms. The van der Waals surface area contributed by atoms with Crippen molar-refractivity contribution in [2.75, 3.05) is 13.1 Å². The summed E-state index contributed by atoms with van der Waals surface area (Å²) in [4.78, 5) is 0. The van der Waals surface area contributed by atoms with E-state index in [-0.39, 0.29) is 6.10 Å². The van der Waals surface area contributed by atoms with E-state index in [1.807, 2.05) is 6.20 Å². The number of hydrogen-bond donors (Lipinski definition) is 1. The Morgan fingerprint density at radius 3 is 2.88 bits per heavy atom. The van der Waals surface area contributed by atoms with Gasteiger partial charge in [-0.2, -0.15) is 5.10 Å². The Hall–Kier alpha value is -0.870. The Labute approximate surface area is 101 Å². The molecule has 2 saturated carbocycles. The highest BCUT2D eigenvalue weighted by Crippen LogP contribution is 2.38. The normalized spacial score (nSPS) is 33.9. The number of nitrogens with one attached hydrogen (secondary N) is 1. The summed E-state index contributed by atoms with van der Waals surface area (Å²) in [6, 6.07) is 0.666. The Morgan fingerprint density at radius 2 is 2.12 bits per heavy atom. The summed E-state index contributed by atoms with van der Waals surface area (Å²) in [6.07, 6.45) is 10.1. The third-order valence-corrected chi connectivity index (χ3v) is 4.08. The van der Waals surface area contributed by atoms with Gasteiger partial charge < -0.3 is 10.1 Å². The molecule has 4 heteroatoms. The van der Waals surface area contributed by atoms with E-state index >= 15 is 0 Å². The Morgan fingerprint density at radius 1 is 1.24 bits per heavy atom. The zero-order valence-electron chi connectivity index (χ0n) is 10.0. The maximum Gasteiger partial charge on any atom is 0.0984 e. The second kappa shape index (κ2) is 3.82. The van der Waals surface area contributed by atoms with Crippen LogP contribution in [0.25, 0.3) is 0 Å². The summed E-state index contributed by atoms with van der Waals surface area (Å²) in [5, 5.41) is 7.94. The van der Waals surface area contributed by atoms with Gasteiger partial charge in [-0.15, -0.1) is 0 Å². The third kappa shape index (κ3) is 2.00. The molecule has 0 unspecified atom stereocenters. The lowest BCUT2D eigenvalue weighted by Crippen LogP contribution is -2.41. The van der Waals surface area contributed by atoms with Gasteiger partial charge in [0.2, 0.25) is 0 Å². The van der Waals surface area contributed by atoms with Crippen molar-refractivity contribution in [1.82, 2.24) is 15.1 Å². The lowest BCUT2D eigenvalue weighted by Gasteiger charge is -2.30. The van der Waals surface area contributed by atoms with Crippen molar-refractivity contribution in [3.8, 4) is 0 Å². The van der Waals surface area contributed by atoms with Gasteiger partial charge in [0.1, 0.15) is 0 Å². The van der Waals surface area contributed by atoms with Gasteiger partial charge in [0, 0.05) is 24.8 Å². The molecular formula is C13H19N3O. The van der Waals surface area contributed by atoms with Gasteiger partial charge in [0.05, 0.1) is 24.4 Å². The minimum Gasteiger partial charge on any atom is -0.367 e. The average Bonchev–Trinajstić information content (AvgIpc) is 3.28. The standard InChI is InChI=1S/C13H19N3O/c1-2-9(1)12-6-14-7-13(17-12)10-5-15-16(8-10)11-3-4-11/h5,8-9,11-14H,1-4,6-7H2/t12-,13+/m0/s1. The van der Waals surface area contributed by atoms with Gasteiger partial charge in [0.15, 0.2) is 0 Å². The smallest absolute Gasteiger partial charge is 0.0984 e. The first kappa shape index (κ1) is 10.1. The van der Waals surface area contributed by atoms with Crippen LogP contribution < -0.4 is 5.32 Å². The monoisotopic (exact) mass is 233 g/mol. The van der Waals surface area contributed by atoms with E-state index < -0.39 is 0 Å². The minimum atomic E-state index is 0.210. The van der Waals surface area contributed by atoms with Crippen molar-refractivity contribution in [1.29, 1.82) is 0 Å². The molecule has 17 heavy (non-hydrogen) atoms. The number of morpholine rings is 1. The van der Waals surface area contributed by atoms with Crippen LogP contribution in [0.3, 0.4) is 0 Å². The molecule has 1 N–H and O–H groups in total. The number of ether oxygens (including phenoxy) is 1. The molecule has 0 radical (unpaired) electrons. The lowest BCUT2D eigenvalue weighted by atomic mass is 10.1. The number of nitrogens with zero attached hydrogens (tertiary/aromatic N) is 2. The summed E-state index contributed by atoms with van der Waals surface area (Å²) < 4.78 is 8.30. The topological polar surface area (TPSA) is 39.1 Å². The zero-order chi connectivity index (χ0) is 11.2. The molecule has 0 amide bonds. The molecule has 4 nitrogen and oxygen atoms in total. The predicted octanol–water partition coefficient (Wildman–Crippen LogP) is 1.66. The van der Waals surface area contributed by atoms with Gasteiger partial charge in [-0.1, -0.05) is 0 Å². The van der Waals surface area contributed by atoms with Crippen LogP contribution in [0.1, 0.15) is 43.4 Å².